The molecule has 1 aliphatic heterocycles. The van der Waals surface area contributed by atoms with Crippen molar-refractivity contribution in [3.63, 3.8) is 0 Å². The van der Waals surface area contributed by atoms with Crippen LogP contribution in [0.25, 0.3) is 0 Å². The third-order valence-corrected chi connectivity index (χ3v) is 4.30. The van der Waals surface area contributed by atoms with Crippen molar-refractivity contribution in [2.45, 2.75) is 58.2 Å². The molecule has 20 heavy (non-hydrogen) atoms. The van der Waals surface area contributed by atoms with E-state index in [1.807, 2.05) is 12.1 Å². The summed E-state index contributed by atoms with van der Waals surface area (Å²) in [7, 11) is 0. The number of aromatic hydroxyl groups is 1. The monoisotopic (exact) mass is 276 g/mol. The van der Waals surface area contributed by atoms with Gasteiger partial charge in [-0.05, 0) is 58.2 Å². The average Bonchev–Trinajstić information content (AvgIpc) is 2.38. The normalized spacial score (nSPS) is 20.0. The van der Waals surface area contributed by atoms with Gasteiger partial charge in [-0.3, -0.25) is 4.90 Å². The summed E-state index contributed by atoms with van der Waals surface area (Å²) in [6.45, 7) is 11.4. The highest BCUT2D eigenvalue weighted by atomic mass is 16.3. The molecule has 0 spiro atoms. The lowest BCUT2D eigenvalue weighted by atomic mass is 9.97. The number of phenols is 1. The first-order valence-electron chi connectivity index (χ1n) is 7.66. The largest absolute Gasteiger partial charge is 0.508 e. The molecular weight excluding hydrogens is 248 g/mol. The Morgan fingerprint density at radius 1 is 1.25 bits per heavy atom. The van der Waals surface area contributed by atoms with Gasteiger partial charge in [0.05, 0.1) is 0 Å². The van der Waals surface area contributed by atoms with Gasteiger partial charge in [0.1, 0.15) is 5.75 Å². The Bertz CT molecular complexity index is 431. The van der Waals surface area contributed by atoms with E-state index in [9.17, 15) is 5.11 Å². The zero-order valence-corrected chi connectivity index (χ0v) is 13.2. The first-order chi connectivity index (χ1) is 9.36. The average molecular weight is 276 g/mol. The fraction of sp³-hybridized carbons (Fsp3) is 0.647. The lowest BCUT2D eigenvalue weighted by Gasteiger charge is -2.41. The second-order valence-electron chi connectivity index (χ2n) is 6.92. The van der Waals surface area contributed by atoms with Crippen molar-refractivity contribution >= 4 is 0 Å². The SMILES string of the molecule is CC(NC1CCN(C(C)(C)C)CC1)c1cccc(O)c1. The number of benzene rings is 1. The van der Waals surface area contributed by atoms with Gasteiger partial charge in [0.25, 0.3) is 0 Å². The van der Waals surface area contributed by atoms with Crippen molar-refractivity contribution in [1.29, 1.82) is 0 Å². The van der Waals surface area contributed by atoms with Crippen LogP contribution in [0, 0.1) is 0 Å². The number of nitrogens with one attached hydrogen (secondary N) is 1. The quantitative estimate of drug-likeness (QED) is 0.889. The Morgan fingerprint density at radius 2 is 1.90 bits per heavy atom. The van der Waals surface area contributed by atoms with Crippen LogP contribution in [-0.2, 0) is 0 Å². The summed E-state index contributed by atoms with van der Waals surface area (Å²) in [5, 5.41) is 13.3. The van der Waals surface area contributed by atoms with Crippen LogP contribution < -0.4 is 5.32 Å². The maximum Gasteiger partial charge on any atom is 0.115 e. The summed E-state index contributed by atoms with van der Waals surface area (Å²) in [6, 6.07) is 8.41. The number of nitrogens with zero attached hydrogens (tertiary/aromatic N) is 1. The molecule has 1 aromatic carbocycles. The molecule has 3 heteroatoms. The van der Waals surface area contributed by atoms with Gasteiger partial charge in [0, 0.05) is 30.7 Å². The third-order valence-electron chi connectivity index (χ3n) is 4.30. The molecule has 1 aliphatic rings. The van der Waals surface area contributed by atoms with Gasteiger partial charge in [-0.1, -0.05) is 12.1 Å². The lowest BCUT2D eigenvalue weighted by molar-refractivity contribution is 0.0942. The Hall–Kier alpha value is -1.06. The highest BCUT2D eigenvalue weighted by Crippen LogP contribution is 2.23. The fourth-order valence-corrected chi connectivity index (χ4v) is 2.96. The van der Waals surface area contributed by atoms with Crippen molar-refractivity contribution in [3.05, 3.63) is 29.8 Å². The highest BCUT2D eigenvalue weighted by molar-refractivity contribution is 5.29. The van der Waals surface area contributed by atoms with Gasteiger partial charge in [-0.2, -0.15) is 0 Å². The molecule has 0 bridgehead atoms. The molecular formula is C17H28N2O. The second-order valence-corrected chi connectivity index (χ2v) is 6.92. The van der Waals surface area contributed by atoms with Crippen molar-refractivity contribution in [2.75, 3.05) is 13.1 Å². The minimum Gasteiger partial charge on any atom is -0.508 e. The van der Waals surface area contributed by atoms with Crippen molar-refractivity contribution in [2.24, 2.45) is 0 Å². The van der Waals surface area contributed by atoms with E-state index in [-0.39, 0.29) is 11.6 Å². The number of phenolic OH excluding ortho intramolecular Hbond substituents is 1. The van der Waals surface area contributed by atoms with Gasteiger partial charge in [0.15, 0.2) is 0 Å². The highest BCUT2D eigenvalue weighted by Gasteiger charge is 2.27. The van der Waals surface area contributed by atoms with Gasteiger partial charge in [-0.15, -0.1) is 0 Å². The molecule has 1 unspecified atom stereocenters. The number of likely N-dealkylation sites (tertiary alicyclic amines) is 1. The maximum absolute atomic E-state index is 9.56. The van der Waals surface area contributed by atoms with E-state index in [0.717, 1.165) is 18.7 Å². The predicted molar refractivity (Wildman–Crippen MR) is 84.0 cm³/mol. The summed E-state index contributed by atoms with van der Waals surface area (Å²) in [5.41, 5.74) is 1.44. The molecule has 2 rings (SSSR count). The van der Waals surface area contributed by atoms with Crippen LogP contribution in [0.2, 0.25) is 0 Å². The van der Waals surface area contributed by atoms with Crippen molar-refractivity contribution in [1.82, 2.24) is 10.2 Å². The second kappa shape index (κ2) is 6.15. The summed E-state index contributed by atoms with van der Waals surface area (Å²) in [5.74, 6) is 0.346. The van der Waals surface area contributed by atoms with E-state index in [4.69, 9.17) is 0 Å². The number of rotatable bonds is 3. The van der Waals surface area contributed by atoms with Gasteiger partial charge in [0.2, 0.25) is 0 Å². The van der Waals surface area contributed by atoms with Crippen LogP contribution in [0.4, 0.5) is 0 Å². The van der Waals surface area contributed by atoms with E-state index in [2.05, 4.69) is 44.0 Å². The molecule has 1 atom stereocenters. The van der Waals surface area contributed by atoms with E-state index in [1.165, 1.54) is 12.8 Å². The molecule has 0 aromatic heterocycles. The molecule has 0 aliphatic carbocycles. The zero-order chi connectivity index (χ0) is 14.8. The van der Waals surface area contributed by atoms with Crippen LogP contribution in [0.15, 0.2) is 24.3 Å². The molecule has 3 nitrogen and oxygen atoms in total. The Balaban J connectivity index is 1.86. The molecule has 0 saturated carbocycles. The molecule has 1 heterocycles. The van der Waals surface area contributed by atoms with Crippen molar-refractivity contribution < 1.29 is 5.11 Å². The minimum absolute atomic E-state index is 0.280. The third kappa shape index (κ3) is 3.97. The van der Waals surface area contributed by atoms with Crippen LogP contribution in [0.3, 0.4) is 0 Å². The van der Waals surface area contributed by atoms with Gasteiger partial charge in [-0.25, -0.2) is 0 Å². The minimum atomic E-state index is 0.280. The Labute approximate surface area is 123 Å². The fourth-order valence-electron chi connectivity index (χ4n) is 2.96. The first-order valence-corrected chi connectivity index (χ1v) is 7.66. The van der Waals surface area contributed by atoms with Crippen LogP contribution >= 0.6 is 0 Å². The topological polar surface area (TPSA) is 35.5 Å². The molecule has 2 N–H and O–H groups in total. The predicted octanol–water partition coefficient (Wildman–Crippen LogP) is 3.31. The van der Waals surface area contributed by atoms with E-state index in [0.29, 0.717) is 11.8 Å². The maximum atomic E-state index is 9.56. The van der Waals surface area contributed by atoms with Crippen LogP contribution in [-0.4, -0.2) is 34.7 Å². The molecule has 0 amide bonds. The molecule has 112 valence electrons. The summed E-state index contributed by atoms with van der Waals surface area (Å²) >= 11 is 0. The summed E-state index contributed by atoms with van der Waals surface area (Å²) < 4.78 is 0. The van der Waals surface area contributed by atoms with Crippen LogP contribution in [0.1, 0.15) is 52.1 Å². The summed E-state index contributed by atoms with van der Waals surface area (Å²) in [6.07, 6.45) is 2.39. The number of hydrogen-bond acceptors (Lipinski definition) is 3. The Kier molecular flexibility index (Phi) is 4.71. The molecule has 1 aromatic rings. The lowest BCUT2D eigenvalue weighted by Crippen LogP contribution is -2.50. The first kappa shape index (κ1) is 15.3. The Morgan fingerprint density at radius 3 is 2.45 bits per heavy atom. The van der Waals surface area contributed by atoms with Gasteiger partial charge < -0.3 is 10.4 Å². The van der Waals surface area contributed by atoms with E-state index < -0.39 is 0 Å². The van der Waals surface area contributed by atoms with E-state index in [1.54, 1.807) is 6.07 Å². The number of piperidine rings is 1. The van der Waals surface area contributed by atoms with E-state index >= 15 is 0 Å². The molecule has 1 fully saturated rings. The van der Waals surface area contributed by atoms with Crippen LogP contribution in [0.5, 0.6) is 5.75 Å². The van der Waals surface area contributed by atoms with Gasteiger partial charge >= 0.3 is 0 Å². The molecule has 1 saturated heterocycles. The number of hydrogen-bond donors (Lipinski definition) is 2. The smallest absolute Gasteiger partial charge is 0.115 e. The zero-order valence-electron chi connectivity index (χ0n) is 13.2. The molecule has 0 radical (unpaired) electrons. The standard InChI is InChI=1S/C17H28N2O/c1-13(14-6-5-7-16(20)12-14)18-15-8-10-19(11-9-15)17(2,3)4/h5-7,12-13,15,18,20H,8-11H2,1-4H3. The summed E-state index contributed by atoms with van der Waals surface area (Å²) in [4.78, 5) is 2.56. The van der Waals surface area contributed by atoms with Crippen molar-refractivity contribution in [3.8, 4) is 5.75 Å².